The molecule has 1 aromatic rings. The summed E-state index contributed by atoms with van der Waals surface area (Å²) in [4.78, 5) is 17.7. The summed E-state index contributed by atoms with van der Waals surface area (Å²) >= 11 is 1.05. The van der Waals surface area contributed by atoms with Gasteiger partial charge in [-0.15, -0.1) is 0 Å². The lowest BCUT2D eigenvalue weighted by Crippen LogP contribution is -2.28. The van der Waals surface area contributed by atoms with Crippen molar-refractivity contribution in [3.05, 3.63) is 29.8 Å². The van der Waals surface area contributed by atoms with E-state index in [1.807, 2.05) is 0 Å². The smallest absolute Gasteiger partial charge is 0.289 e. The van der Waals surface area contributed by atoms with Crippen LogP contribution in [0.5, 0.6) is 0 Å². The summed E-state index contributed by atoms with van der Waals surface area (Å²) in [6, 6.07) is 6.49. The van der Waals surface area contributed by atoms with Gasteiger partial charge < -0.3 is 4.90 Å². The first-order valence-corrected chi connectivity index (χ1v) is 8.21. The average Bonchev–Trinajstić information content (AvgIpc) is 2.42. The molecule has 1 amide bonds. The van der Waals surface area contributed by atoms with Crippen molar-refractivity contribution in [3.8, 4) is 0 Å². The lowest BCUT2D eigenvalue weighted by Gasteiger charge is -2.20. The van der Waals surface area contributed by atoms with Crippen molar-refractivity contribution in [3.63, 3.8) is 0 Å². The Morgan fingerprint density at radius 3 is 2.47 bits per heavy atom. The van der Waals surface area contributed by atoms with Gasteiger partial charge in [0.2, 0.25) is 0 Å². The number of sulfone groups is 1. The zero-order chi connectivity index (χ0) is 14.0. The minimum absolute atomic E-state index is 0.0599. The standard InChI is InChI=1S/C12H14N2O3S2/c1-3-19(16,17)10-6-4-9(5-7-10)11-13-8-14(2)12(15)18-11/h4-7H,3,8H2,1-2H3. The summed E-state index contributed by atoms with van der Waals surface area (Å²) in [6.07, 6.45) is 0. The van der Waals surface area contributed by atoms with Crippen LogP contribution in [0.25, 0.3) is 0 Å². The molecule has 19 heavy (non-hydrogen) atoms. The molecule has 1 aromatic carbocycles. The van der Waals surface area contributed by atoms with Gasteiger partial charge in [0.1, 0.15) is 11.7 Å². The van der Waals surface area contributed by atoms with Gasteiger partial charge in [0.25, 0.3) is 5.24 Å². The van der Waals surface area contributed by atoms with E-state index in [9.17, 15) is 13.2 Å². The molecule has 0 bridgehead atoms. The van der Waals surface area contributed by atoms with Crippen molar-refractivity contribution in [1.29, 1.82) is 0 Å². The van der Waals surface area contributed by atoms with E-state index < -0.39 is 9.84 Å². The molecule has 0 aromatic heterocycles. The number of amides is 1. The van der Waals surface area contributed by atoms with E-state index in [0.29, 0.717) is 16.6 Å². The first-order chi connectivity index (χ1) is 8.94. The van der Waals surface area contributed by atoms with Crippen LogP contribution in [-0.2, 0) is 9.84 Å². The first-order valence-electron chi connectivity index (χ1n) is 5.74. The minimum Gasteiger partial charge on any atom is -0.317 e. The summed E-state index contributed by atoms with van der Waals surface area (Å²) in [6.45, 7) is 1.94. The minimum atomic E-state index is -3.19. The second kappa shape index (κ2) is 5.34. The highest BCUT2D eigenvalue weighted by Crippen LogP contribution is 2.22. The highest BCUT2D eigenvalue weighted by atomic mass is 32.2. The Morgan fingerprint density at radius 1 is 1.32 bits per heavy atom. The van der Waals surface area contributed by atoms with Crippen molar-refractivity contribution in [2.24, 2.45) is 4.99 Å². The first kappa shape index (κ1) is 14.1. The predicted octanol–water partition coefficient (Wildman–Crippen LogP) is 1.98. The Hall–Kier alpha value is -1.34. The number of hydrogen-bond acceptors (Lipinski definition) is 5. The zero-order valence-electron chi connectivity index (χ0n) is 10.7. The monoisotopic (exact) mass is 298 g/mol. The van der Waals surface area contributed by atoms with Gasteiger partial charge in [0.15, 0.2) is 9.84 Å². The predicted molar refractivity (Wildman–Crippen MR) is 76.3 cm³/mol. The van der Waals surface area contributed by atoms with E-state index in [2.05, 4.69) is 4.99 Å². The SMILES string of the molecule is CCS(=O)(=O)c1ccc(C2=NCN(C)C(=O)S2)cc1. The Balaban J connectivity index is 2.27. The molecule has 0 saturated heterocycles. The maximum atomic E-state index is 11.7. The summed E-state index contributed by atoms with van der Waals surface area (Å²) in [5, 5.41) is 0.568. The summed E-state index contributed by atoms with van der Waals surface area (Å²) in [5.41, 5.74) is 0.765. The number of thioether (sulfide) groups is 1. The second-order valence-electron chi connectivity index (χ2n) is 4.10. The number of benzene rings is 1. The van der Waals surface area contributed by atoms with Crippen molar-refractivity contribution in [2.75, 3.05) is 19.5 Å². The van der Waals surface area contributed by atoms with Gasteiger partial charge in [-0.05, 0) is 23.9 Å². The van der Waals surface area contributed by atoms with Crippen LogP contribution in [0.2, 0.25) is 0 Å². The molecule has 1 heterocycles. The molecule has 0 N–H and O–H groups in total. The van der Waals surface area contributed by atoms with Gasteiger partial charge in [0.05, 0.1) is 10.6 Å². The largest absolute Gasteiger partial charge is 0.317 e. The van der Waals surface area contributed by atoms with Crippen LogP contribution in [-0.4, -0.2) is 43.1 Å². The fourth-order valence-corrected chi connectivity index (χ4v) is 3.18. The Kier molecular flexibility index (Phi) is 3.96. The van der Waals surface area contributed by atoms with Crippen molar-refractivity contribution >= 4 is 31.9 Å². The highest BCUT2D eigenvalue weighted by molar-refractivity contribution is 8.26. The Morgan fingerprint density at radius 2 is 1.95 bits per heavy atom. The quantitative estimate of drug-likeness (QED) is 0.856. The number of nitrogens with zero attached hydrogens (tertiary/aromatic N) is 2. The Bertz CT molecular complexity index is 621. The molecule has 0 aliphatic carbocycles. The number of carbonyl (C=O) groups is 1. The normalized spacial score (nSPS) is 16.4. The topological polar surface area (TPSA) is 66.8 Å². The van der Waals surface area contributed by atoms with E-state index in [1.54, 1.807) is 38.2 Å². The summed E-state index contributed by atoms with van der Waals surface area (Å²) < 4.78 is 23.4. The van der Waals surface area contributed by atoms with Gasteiger partial charge in [-0.2, -0.15) is 0 Å². The van der Waals surface area contributed by atoms with Crippen LogP contribution in [0.1, 0.15) is 12.5 Å². The van der Waals surface area contributed by atoms with Gasteiger partial charge >= 0.3 is 0 Å². The third-order valence-electron chi connectivity index (χ3n) is 2.76. The lowest BCUT2D eigenvalue weighted by molar-refractivity contribution is 0.234. The molecule has 0 spiro atoms. The van der Waals surface area contributed by atoms with E-state index in [1.165, 1.54) is 4.90 Å². The Labute approximate surface area is 116 Å². The lowest BCUT2D eigenvalue weighted by atomic mass is 10.2. The maximum absolute atomic E-state index is 11.7. The van der Waals surface area contributed by atoms with Gasteiger partial charge in [-0.25, -0.2) is 8.42 Å². The van der Waals surface area contributed by atoms with Crippen molar-refractivity contribution in [1.82, 2.24) is 4.90 Å². The third kappa shape index (κ3) is 2.98. The molecular weight excluding hydrogens is 284 g/mol. The fraction of sp³-hybridized carbons (Fsp3) is 0.333. The molecule has 7 heteroatoms. The number of hydrogen-bond donors (Lipinski definition) is 0. The van der Waals surface area contributed by atoms with E-state index in [4.69, 9.17) is 0 Å². The van der Waals surface area contributed by atoms with Crippen LogP contribution >= 0.6 is 11.8 Å². The van der Waals surface area contributed by atoms with E-state index >= 15 is 0 Å². The third-order valence-corrected chi connectivity index (χ3v) is 5.56. The van der Waals surface area contributed by atoms with E-state index in [0.717, 1.165) is 17.3 Å². The average molecular weight is 298 g/mol. The van der Waals surface area contributed by atoms with Crippen molar-refractivity contribution < 1.29 is 13.2 Å². The van der Waals surface area contributed by atoms with Crippen LogP contribution in [0.15, 0.2) is 34.2 Å². The van der Waals surface area contributed by atoms with Gasteiger partial charge in [-0.3, -0.25) is 9.79 Å². The van der Waals surface area contributed by atoms with Crippen LogP contribution in [0.4, 0.5) is 4.79 Å². The van der Waals surface area contributed by atoms with Crippen LogP contribution in [0.3, 0.4) is 0 Å². The molecule has 1 aliphatic rings. The summed E-state index contributed by atoms with van der Waals surface area (Å²) in [7, 11) is -1.50. The molecule has 0 fully saturated rings. The molecule has 102 valence electrons. The summed E-state index contributed by atoms with van der Waals surface area (Å²) in [5.74, 6) is 0.0747. The molecule has 2 rings (SSSR count). The fourth-order valence-electron chi connectivity index (χ4n) is 1.54. The number of carbonyl (C=O) groups excluding carboxylic acids is 1. The molecule has 1 aliphatic heterocycles. The number of aliphatic imine (C=N–C) groups is 1. The molecule has 5 nitrogen and oxygen atoms in total. The molecule has 0 saturated carbocycles. The van der Waals surface area contributed by atoms with Gasteiger partial charge in [-0.1, -0.05) is 19.1 Å². The number of rotatable bonds is 3. The van der Waals surface area contributed by atoms with Crippen molar-refractivity contribution in [2.45, 2.75) is 11.8 Å². The van der Waals surface area contributed by atoms with E-state index in [-0.39, 0.29) is 11.0 Å². The maximum Gasteiger partial charge on any atom is 0.289 e. The molecular formula is C12H14N2O3S2. The molecule has 0 unspecified atom stereocenters. The van der Waals surface area contributed by atoms with Gasteiger partial charge in [0, 0.05) is 12.6 Å². The van der Waals surface area contributed by atoms with Crippen LogP contribution in [0, 0.1) is 0 Å². The molecule has 0 radical (unpaired) electrons. The molecule has 0 atom stereocenters. The zero-order valence-corrected chi connectivity index (χ0v) is 12.3. The second-order valence-corrected chi connectivity index (χ2v) is 7.32. The highest BCUT2D eigenvalue weighted by Gasteiger charge is 2.20. The van der Waals surface area contributed by atoms with Crippen LogP contribution < -0.4 is 0 Å².